The van der Waals surface area contributed by atoms with E-state index in [1.54, 1.807) is 0 Å². The summed E-state index contributed by atoms with van der Waals surface area (Å²) in [5.41, 5.74) is 5.17. The summed E-state index contributed by atoms with van der Waals surface area (Å²) in [5.74, 6) is 0.217. The summed E-state index contributed by atoms with van der Waals surface area (Å²) in [4.78, 5) is 11.5. The first-order valence-corrected chi connectivity index (χ1v) is 6.41. The van der Waals surface area contributed by atoms with Gasteiger partial charge in [-0.05, 0) is 39.2 Å². The minimum absolute atomic E-state index is 0.206. The predicted octanol–water partition coefficient (Wildman–Crippen LogP) is 1.72. The molecule has 1 rings (SSSR count). The highest BCUT2D eigenvalue weighted by Gasteiger charge is 2.32. The molecule has 0 aromatic heterocycles. The lowest BCUT2D eigenvalue weighted by atomic mass is 9.86. The average molecular weight is 243 g/mol. The van der Waals surface area contributed by atoms with Gasteiger partial charge in [-0.3, -0.25) is 4.79 Å². The Kier molecular flexibility index (Phi) is 5.40. The van der Waals surface area contributed by atoms with Gasteiger partial charge in [0.15, 0.2) is 0 Å². The molecule has 2 unspecified atom stereocenters. The molecule has 1 fully saturated rings. The fourth-order valence-electron chi connectivity index (χ4n) is 2.31. The van der Waals surface area contributed by atoms with Gasteiger partial charge in [-0.25, -0.2) is 0 Å². The van der Waals surface area contributed by atoms with Crippen molar-refractivity contribution in [1.29, 1.82) is 0 Å². The molecular weight excluding hydrogens is 218 g/mol. The van der Waals surface area contributed by atoms with Gasteiger partial charge >= 0.3 is 5.97 Å². The molecule has 0 aromatic carbocycles. The second-order valence-corrected chi connectivity index (χ2v) is 5.51. The van der Waals surface area contributed by atoms with Crippen molar-refractivity contribution in [1.82, 2.24) is 0 Å². The Bertz CT molecular complexity index is 253. The summed E-state index contributed by atoms with van der Waals surface area (Å²) in [6, 6.07) is 0. The fraction of sp³-hybridized carbons (Fsp3) is 0.923. The zero-order valence-corrected chi connectivity index (χ0v) is 11.2. The molecule has 4 heteroatoms. The summed E-state index contributed by atoms with van der Waals surface area (Å²) < 4.78 is 10.7. The molecule has 0 bridgehead atoms. The van der Waals surface area contributed by atoms with E-state index in [0.717, 1.165) is 12.8 Å². The molecule has 17 heavy (non-hydrogen) atoms. The van der Waals surface area contributed by atoms with E-state index in [4.69, 9.17) is 15.2 Å². The lowest BCUT2D eigenvalue weighted by molar-refractivity contribution is -0.156. The largest absolute Gasteiger partial charge is 0.469 e. The van der Waals surface area contributed by atoms with Crippen molar-refractivity contribution in [2.24, 2.45) is 17.1 Å². The van der Waals surface area contributed by atoms with E-state index in [1.165, 1.54) is 20.0 Å². The third-order valence-electron chi connectivity index (χ3n) is 3.54. The number of nitrogens with two attached hydrogens (primary N) is 1. The maximum Gasteiger partial charge on any atom is 0.313 e. The van der Waals surface area contributed by atoms with Gasteiger partial charge in [-0.1, -0.05) is 12.8 Å². The summed E-state index contributed by atoms with van der Waals surface area (Å²) in [5, 5.41) is 0. The number of rotatable bonds is 5. The zero-order chi connectivity index (χ0) is 12.9. The van der Waals surface area contributed by atoms with Crippen LogP contribution >= 0.6 is 0 Å². The first-order valence-electron chi connectivity index (χ1n) is 6.41. The van der Waals surface area contributed by atoms with Gasteiger partial charge in [0.25, 0.3) is 0 Å². The fourth-order valence-corrected chi connectivity index (χ4v) is 2.31. The van der Waals surface area contributed by atoms with Gasteiger partial charge in [0.2, 0.25) is 0 Å². The Hall–Kier alpha value is -0.610. The highest BCUT2D eigenvalue weighted by Crippen LogP contribution is 2.28. The maximum absolute atomic E-state index is 11.5. The van der Waals surface area contributed by atoms with E-state index >= 15 is 0 Å². The van der Waals surface area contributed by atoms with Crippen LogP contribution in [0.5, 0.6) is 0 Å². The Morgan fingerprint density at radius 3 is 2.59 bits per heavy atom. The van der Waals surface area contributed by atoms with Crippen LogP contribution in [-0.2, 0) is 14.3 Å². The molecule has 4 nitrogen and oxygen atoms in total. The van der Waals surface area contributed by atoms with Crippen LogP contribution in [0.4, 0.5) is 0 Å². The monoisotopic (exact) mass is 243 g/mol. The Morgan fingerprint density at radius 1 is 1.35 bits per heavy atom. The lowest BCUT2D eigenvalue weighted by Crippen LogP contribution is -2.38. The minimum atomic E-state index is -0.578. The molecule has 0 heterocycles. The minimum Gasteiger partial charge on any atom is -0.469 e. The molecule has 100 valence electrons. The normalized spacial score (nSPS) is 25.6. The van der Waals surface area contributed by atoms with Crippen LogP contribution in [0.15, 0.2) is 0 Å². The average Bonchev–Trinajstić information content (AvgIpc) is 2.35. The first-order chi connectivity index (χ1) is 8.01. The third-order valence-corrected chi connectivity index (χ3v) is 3.54. The van der Waals surface area contributed by atoms with E-state index in [-0.39, 0.29) is 12.1 Å². The van der Waals surface area contributed by atoms with Crippen molar-refractivity contribution in [2.45, 2.75) is 45.6 Å². The molecule has 0 amide bonds. The first kappa shape index (κ1) is 14.5. The highest BCUT2D eigenvalue weighted by atomic mass is 16.5. The molecule has 0 spiro atoms. The molecule has 0 radical (unpaired) electrons. The van der Waals surface area contributed by atoms with Crippen LogP contribution in [0.2, 0.25) is 0 Å². The molecule has 0 aliphatic heterocycles. The maximum atomic E-state index is 11.5. The molecule has 2 N–H and O–H groups in total. The number of carbonyl (C=O) groups is 1. The third kappa shape index (κ3) is 3.96. The number of hydrogen-bond donors (Lipinski definition) is 1. The van der Waals surface area contributed by atoms with E-state index < -0.39 is 5.41 Å². The molecule has 2 atom stereocenters. The number of carbonyl (C=O) groups excluding carboxylic acids is 1. The SMILES string of the molecule is COC(=O)C(C)(C)COC1CCCCC1CN. The number of methoxy groups -OCH3 is 1. The second kappa shape index (κ2) is 6.36. The van der Waals surface area contributed by atoms with Crippen LogP contribution in [0.3, 0.4) is 0 Å². The summed E-state index contributed by atoms with van der Waals surface area (Å²) >= 11 is 0. The number of ether oxygens (including phenoxy) is 2. The van der Waals surface area contributed by atoms with Gasteiger partial charge in [0.05, 0.1) is 25.2 Å². The molecule has 1 aliphatic carbocycles. The quantitative estimate of drug-likeness (QED) is 0.747. The van der Waals surface area contributed by atoms with E-state index in [2.05, 4.69) is 0 Å². The van der Waals surface area contributed by atoms with Crippen molar-refractivity contribution in [3.8, 4) is 0 Å². The van der Waals surface area contributed by atoms with Crippen LogP contribution in [0.25, 0.3) is 0 Å². The molecule has 0 saturated heterocycles. The highest BCUT2D eigenvalue weighted by molar-refractivity contribution is 5.75. The van der Waals surface area contributed by atoms with Gasteiger partial charge in [0, 0.05) is 0 Å². The number of esters is 1. The van der Waals surface area contributed by atoms with E-state index in [9.17, 15) is 4.79 Å². The lowest BCUT2D eigenvalue weighted by Gasteiger charge is -2.33. The van der Waals surface area contributed by atoms with Crippen LogP contribution < -0.4 is 5.73 Å². The Morgan fingerprint density at radius 2 is 2.00 bits per heavy atom. The zero-order valence-electron chi connectivity index (χ0n) is 11.2. The summed E-state index contributed by atoms with van der Waals surface area (Å²) in [6.07, 6.45) is 4.83. The second-order valence-electron chi connectivity index (χ2n) is 5.51. The van der Waals surface area contributed by atoms with Gasteiger partial charge in [0.1, 0.15) is 0 Å². The molecular formula is C13H25NO3. The topological polar surface area (TPSA) is 61.5 Å². The van der Waals surface area contributed by atoms with Crippen LogP contribution in [0.1, 0.15) is 39.5 Å². The summed E-state index contributed by atoms with van der Waals surface area (Å²) in [7, 11) is 1.41. The van der Waals surface area contributed by atoms with Crippen molar-refractivity contribution in [3.63, 3.8) is 0 Å². The smallest absolute Gasteiger partial charge is 0.313 e. The van der Waals surface area contributed by atoms with Crippen molar-refractivity contribution >= 4 is 5.97 Å². The van der Waals surface area contributed by atoms with Crippen LogP contribution in [-0.4, -0.2) is 32.3 Å². The van der Waals surface area contributed by atoms with Gasteiger partial charge in [-0.2, -0.15) is 0 Å². The number of hydrogen-bond acceptors (Lipinski definition) is 4. The van der Waals surface area contributed by atoms with E-state index in [0.29, 0.717) is 19.1 Å². The van der Waals surface area contributed by atoms with Crippen molar-refractivity contribution in [2.75, 3.05) is 20.3 Å². The van der Waals surface area contributed by atoms with Crippen LogP contribution in [0, 0.1) is 11.3 Å². The summed E-state index contributed by atoms with van der Waals surface area (Å²) in [6.45, 7) is 4.77. The van der Waals surface area contributed by atoms with Gasteiger partial charge in [-0.15, -0.1) is 0 Å². The molecule has 0 aromatic rings. The van der Waals surface area contributed by atoms with Crippen molar-refractivity contribution in [3.05, 3.63) is 0 Å². The molecule has 1 aliphatic rings. The molecule has 1 saturated carbocycles. The van der Waals surface area contributed by atoms with E-state index in [1.807, 2.05) is 13.8 Å². The Balaban J connectivity index is 2.45. The van der Waals surface area contributed by atoms with Gasteiger partial charge < -0.3 is 15.2 Å². The van der Waals surface area contributed by atoms with Crippen molar-refractivity contribution < 1.29 is 14.3 Å². The standard InChI is InChI=1S/C13H25NO3/c1-13(2,12(15)16-3)9-17-11-7-5-4-6-10(11)8-14/h10-11H,4-9,14H2,1-3H3. The predicted molar refractivity (Wildman–Crippen MR) is 66.5 cm³/mol. The Labute approximate surface area is 104 Å².